The zero-order chi connectivity index (χ0) is 14.0. The lowest BCUT2D eigenvalue weighted by atomic mass is 9.99. The van der Waals surface area contributed by atoms with Crippen LogP contribution in [0.4, 0.5) is 0 Å². The summed E-state index contributed by atoms with van der Waals surface area (Å²) < 4.78 is 24.1. The number of hydrogen-bond acceptors (Lipinski definition) is 4. The zero-order valence-electron chi connectivity index (χ0n) is 11.5. The topological polar surface area (TPSA) is 81.2 Å². The van der Waals surface area contributed by atoms with Crippen molar-refractivity contribution in [3.05, 3.63) is 17.7 Å². The van der Waals surface area contributed by atoms with E-state index in [9.17, 15) is 8.42 Å². The summed E-state index contributed by atoms with van der Waals surface area (Å²) in [4.78, 5) is 6.81. The molecule has 2 rings (SSSR count). The number of nitrogens with two attached hydrogens (primary N) is 1. The first kappa shape index (κ1) is 14.5. The largest absolute Gasteiger partial charge is 0.338 e. The highest BCUT2D eigenvalue weighted by atomic mass is 32.2. The first-order valence-electron chi connectivity index (χ1n) is 6.55. The molecule has 0 unspecified atom stereocenters. The van der Waals surface area contributed by atoms with Crippen molar-refractivity contribution in [2.45, 2.75) is 26.3 Å². The average Bonchev–Trinajstić information content (AvgIpc) is 2.59. The fourth-order valence-corrected chi connectivity index (χ4v) is 3.57. The molecule has 0 spiro atoms. The van der Waals surface area contributed by atoms with Crippen molar-refractivity contribution in [3.8, 4) is 0 Å². The van der Waals surface area contributed by atoms with Crippen LogP contribution in [0.15, 0.2) is 6.20 Å². The van der Waals surface area contributed by atoms with E-state index in [2.05, 4.69) is 9.88 Å². The van der Waals surface area contributed by atoms with E-state index in [1.54, 1.807) is 0 Å². The van der Waals surface area contributed by atoms with Crippen molar-refractivity contribution in [2.75, 3.05) is 18.8 Å². The predicted octanol–water partition coefficient (Wildman–Crippen LogP) is 0.229. The van der Waals surface area contributed by atoms with E-state index < -0.39 is 10.0 Å². The highest BCUT2D eigenvalue weighted by Crippen LogP contribution is 2.19. The summed E-state index contributed by atoms with van der Waals surface area (Å²) in [7, 11) is -1.35. The Morgan fingerprint density at radius 2 is 2.05 bits per heavy atom. The van der Waals surface area contributed by atoms with Crippen molar-refractivity contribution < 1.29 is 8.42 Å². The summed E-state index contributed by atoms with van der Waals surface area (Å²) in [5, 5.41) is 5.09. The van der Waals surface area contributed by atoms with Crippen LogP contribution in [0, 0.1) is 12.8 Å². The molecule has 0 amide bonds. The highest BCUT2D eigenvalue weighted by molar-refractivity contribution is 7.89. The number of sulfonamides is 1. The van der Waals surface area contributed by atoms with Gasteiger partial charge in [0.2, 0.25) is 10.0 Å². The molecule has 0 aromatic carbocycles. The molecular formula is C12H22N4O2S. The van der Waals surface area contributed by atoms with Gasteiger partial charge >= 0.3 is 0 Å². The smallest absolute Gasteiger partial charge is 0.209 e. The lowest BCUT2D eigenvalue weighted by molar-refractivity contribution is 0.184. The van der Waals surface area contributed by atoms with Gasteiger partial charge in [-0.25, -0.2) is 18.5 Å². The number of likely N-dealkylation sites (tertiary alicyclic amines) is 1. The number of primary sulfonamides is 1. The average molecular weight is 286 g/mol. The maximum atomic E-state index is 11.1. The van der Waals surface area contributed by atoms with Gasteiger partial charge in [-0.3, -0.25) is 4.90 Å². The van der Waals surface area contributed by atoms with E-state index in [1.165, 1.54) is 0 Å². The van der Waals surface area contributed by atoms with Gasteiger partial charge < -0.3 is 4.57 Å². The van der Waals surface area contributed by atoms with E-state index in [-0.39, 0.29) is 11.7 Å². The van der Waals surface area contributed by atoms with Crippen molar-refractivity contribution in [1.82, 2.24) is 14.5 Å². The number of imidazole rings is 1. The van der Waals surface area contributed by atoms with Crippen LogP contribution < -0.4 is 5.14 Å². The van der Waals surface area contributed by atoms with Crippen LogP contribution in [0.2, 0.25) is 0 Å². The number of aryl methyl sites for hydroxylation is 2. The first-order chi connectivity index (χ1) is 8.83. The van der Waals surface area contributed by atoms with Gasteiger partial charge in [0.15, 0.2) is 0 Å². The lowest BCUT2D eigenvalue weighted by Gasteiger charge is -2.30. The Morgan fingerprint density at radius 3 is 2.53 bits per heavy atom. The van der Waals surface area contributed by atoms with Crippen LogP contribution in [-0.4, -0.2) is 41.7 Å². The van der Waals surface area contributed by atoms with Crippen LogP contribution in [0.1, 0.15) is 24.4 Å². The van der Waals surface area contributed by atoms with E-state index in [4.69, 9.17) is 5.14 Å². The van der Waals surface area contributed by atoms with E-state index in [1.807, 2.05) is 24.7 Å². The standard InChI is InChI=1S/C12H22N4O2S/c1-10-14-12(7-15(10)2)8-16-5-3-11(4-6-16)9-19(13,17)18/h7,11H,3-6,8-9H2,1-2H3,(H2,13,17,18). The molecule has 1 saturated heterocycles. The maximum absolute atomic E-state index is 11.1. The number of nitrogens with zero attached hydrogens (tertiary/aromatic N) is 3. The van der Waals surface area contributed by atoms with Crippen LogP contribution in [0.5, 0.6) is 0 Å². The molecule has 0 radical (unpaired) electrons. The molecule has 1 aromatic heterocycles. The number of aromatic nitrogens is 2. The second-order valence-corrected chi connectivity index (χ2v) is 7.10. The molecule has 1 aliphatic rings. The normalized spacial score (nSPS) is 18.9. The molecule has 19 heavy (non-hydrogen) atoms. The highest BCUT2D eigenvalue weighted by Gasteiger charge is 2.23. The molecule has 0 atom stereocenters. The summed E-state index contributed by atoms with van der Waals surface area (Å²) in [6.45, 7) is 4.65. The predicted molar refractivity (Wildman–Crippen MR) is 73.9 cm³/mol. The van der Waals surface area contributed by atoms with Gasteiger partial charge in [-0.1, -0.05) is 0 Å². The van der Waals surface area contributed by atoms with Crippen molar-refractivity contribution in [1.29, 1.82) is 0 Å². The van der Waals surface area contributed by atoms with Crippen LogP contribution >= 0.6 is 0 Å². The molecule has 0 saturated carbocycles. The van der Waals surface area contributed by atoms with Gasteiger partial charge in [0, 0.05) is 19.8 Å². The van der Waals surface area contributed by atoms with Gasteiger partial charge in [0.05, 0.1) is 11.4 Å². The van der Waals surface area contributed by atoms with Gasteiger partial charge in [0.25, 0.3) is 0 Å². The third-order valence-electron chi connectivity index (χ3n) is 3.72. The molecule has 1 aliphatic heterocycles. The fraction of sp³-hybridized carbons (Fsp3) is 0.750. The molecule has 7 heteroatoms. The summed E-state index contributed by atoms with van der Waals surface area (Å²) in [5.74, 6) is 1.33. The third-order valence-corrected chi connectivity index (χ3v) is 4.66. The minimum absolute atomic E-state index is 0.115. The molecule has 2 heterocycles. The Morgan fingerprint density at radius 1 is 1.42 bits per heavy atom. The summed E-state index contributed by atoms with van der Waals surface area (Å²) >= 11 is 0. The van der Waals surface area contributed by atoms with Gasteiger partial charge in [-0.05, 0) is 38.8 Å². The zero-order valence-corrected chi connectivity index (χ0v) is 12.4. The molecule has 0 aliphatic carbocycles. The Bertz CT molecular complexity index is 510. The van der Waals surface area contributed by atoms with E-state index in [0.29, 0.717) is 0 Å². The van der Waals surface area contributed by atoms with Crippen LogP contribution in [-0.2, 0) is 23.6 Å². The quantitative estimate of drug-likeness (QED) is 0.859. The second-order valence-electron chi connectivity index (χ2n) is 5.44. The van der Waals surface area contributed by atoms with Crippen molar-refractivity contribution >= 4 is 10.0 Å². The summed E-state index contributed by atoms with van der Waals surface area (Å²) in [5.41, 5.74) is 1.07. The second kappa shape index (κ2) is 5.60. The number of hydrogen-bond donors (Lipinski definition) is 1. The van der Waals surface area contributed by atoms with Crippen LogP contribution in [0.3, 0.4) is 0 Å². The molecule has 1 aromatic rings. The fourth-order valence-electron chi connectivity index (χ4n) is 2.58. The van der Waals surface area contributed by atoms with Crippen molar-refractivity contribution in [2.24, 2.45) is 18.1 Å². The maximum Gasteiger partial charge on any atom is 0.209 e. The summed E-state index contributed by atoms with van der Waals surface area (Å²) in [6.07, 6.45) is 3.83. The Kier molecular flexibility index (Phi) is 4.27. The Balaban J connectivity index is 1.83. The monoisotopic (exact) mass is 286 g/mol. The summed E-state index contributed by atoms with van der Waals surface area (Å²) in [6, 6.07) is 0. The molecule has 0 bridgehead atoms. The van der Waals surface area contributed by atoms with E-state index in [0.717, 1.165) is 44.0 Å². The molecule has 1 fully saturated rings. The first-order valence-corrected chi connectivity index (χ1v) is 8.27. The lowest BCUT2D eigenvalue weighted by Crippen LogP contribution is -2.36. The number of rotatable bonds is 4. The molecular weight excluding hydrogens is 264 g/mol. The number of piperidine rings is 1. The van der Waals surface area contributed by atoms with Crippen LogP contribution in [0.25, 0.3) is 0 Å². The van der Waals surface area contributed by atoms with Gasteiger partial charge in [-0.2, -0.15) is 0 Å². The molecule has 2 N–H and O–H groups in total. The van der Waals surface area contributed by atoms with Gasteiger partial charge in [-0.15, -0.1) is 0 Å². The van der Waals surface area contributed by atoms with E-state index >= 15 is 0 Å². The molecule has 6 nitrogen and oxygen atoms in total. The minimum Gasteiger partial charge on any atom is -0.338 e. The third kappa shape index (κ3) is 4.29. The Hall–Kier alpha value is -0.920. The minimum atomic E-state index is -3.34. The SMILES string of the molecule is Cc1nc(CN2CCC(CS(N)(=O)=O)CC2)cn1C. The molecule has 108 valence electrons. The van der Waals surface area contributed by atoms with Crippen molar-refractivity contribution in [3.63, 3.8) is 0 Å². The Labute approximate surface area is 114 Å². The van der Waals surface area contributed by atoms with Gasteiger partial charge in [0.1, 0.15) is 5.82 Å².